The van der Waals surface area contributed by atoms with Crippen LogP contribution in [0.3, 0.4) is 0 Å². The standard InChI is InChI=1S/C13H23N3O4S/c1-9(2)5-10(8-16(3)4)15-21(19,20)11-6-12(13(17)18)14-7-11/h6-7,9-10,14-15H,5,8H2,1-4H3,(H,17,18). The summed E-state index contributed by atoms with van der Waals surface area (Å²) in [6, 6.07) is 0.889. The van der Waals surface area contributed by atoms with Gasteiger partial charge in [0.2, 0.25) is 10.0 Å². The SMILES string of the molecule is CC(C)CC(CN(C)C)NS(=O)(=O)c1c[nH]c(C(=O)O)c1. The average molecular weight is 317 g/mol. The molecular formula is C13H23N3O4S. The minimum atomic E-state index is -3.73. The summed E-state index contributed by atoms with van der Waals surface area (Å²) < 4.78 is 27.2. The molecule has 120 valence electrons. The summed E-state index contributed by atoms with van der Waals surface area (Å²) >= 11 is 0. The van der Waals surface area contributed by atoms with Crippen molar-refractivity contribution in [3.63, 3.8) is 0 Å². The van der Waals surface area contributed by atoms with Gasteiger partial charge in [-0.05, 0) is 32.5 Å². The third kappa shape index (κ3) is 5.49. The largest absolute Gasteiger partial charge is 0.477 e. The van der Waals surface area contributed by atoms with E-state index in [-0.39, 0.29) is 16.6 Å². The molecule has 3 N–H and O–H groups in total. The molecule has 1 heterocycles. The number of carboxylic acid groups (broad SMARTS) is 1. The molecule has 0 aromatic carbocycles. The second-order valence-corrected chi connectivity index (χ2v) is 7.48. The highest BCUT2D eigenvalue weighted by atomic mass is 32.2. The zero-order valence-corrected chi connectivity index (χ0v) is 13.6. The minimum Gasteiger partial charge on any atom is -0.477 e. The van der Waals surface area contributed by atoms with Gasteiger partial charge < -0.3 is 15.0 Å². The molecule has 0 amide bonds. The van der Waals surface area contributed by atoms with Crippen molar-refractivity contribution in [2.75, 3.05) is 20.6 Å². The van der Waals surface area contributed by atoms with Crippen LogP contribution in [0, 0.1) is 5.92 Å². The number of aromatic carboxylic acids is 1. The number of aromatic nitrogens is 1. The first-order chi connectivity index (χ1) is 9.61. The van der Waals surface area contributed by atoms with Crippen molar-refractivity contribution < 1.29 is 18.3 Å². The van der Waals surface area contributed by atoms with Gasteiger partial charge in [0.15, 0.2) is 0 Å². The Hall–Kier alpha value is -1.38. The summed E-state index contributed by atoms with van der Waals surface area (Å²) in [6.45, 7) is 4.62. The lowest BCUT2D eigenvalue weighted by Gasteiger charge is -2.23. The fourth-order valence-corrected chi connectivity index (χ4v) is 3.34. The van der Waals surface area contributed by atoms with Crippen LogP contribution < -0.4 is 4.72 Å². The zero-order chi connectivity index (χ0) is 16.2. The van der Waals surface area contributed by atoms with Gasteiger partial charge in [0.05, 0.1) is 0 Å². The van der Waals surface area contributed by atoms with Crippen molar-refractivity contribution in [2.24, 2.45) is 5.92 Å². The first-order valence-corrected chi connectivity index (χ1v) is 8.19. The van der Waals surface area contributed by atoms with E-state index >= 15 is 0 Å². The van der Waals surface area contributed by atoms with Crippen molar-refractivity contribution in [1.29, 1.82) is 0 Å². The highest BCUT2D eigenvalue weighted by molar-refractivity contribution is 7.89. The van der Waals surface area contributed by atoms with Crippen molar-refractivity contribution in [1.82, 2.24) is 14.6 Å². The smallest absolute Gasteiger partial charge is 0.352 e. The van der Waals surface area contributed by atoms with Gasteiger partial charge in [-0.2, -0.15) is 0 Å². The number of nitrogens with one attached hydrogen (secondary N) is 2. The van der Waals surface area contributed by atoms with E-state index in [2.05, 4.69) is 9.71 Å². The molecular weight excluding hydrogens is 294 g/mol. The van der Waals surface area contributed by atoms with E-state index < -0.39 is 16.0 Å². The fourth-order valence-electron chi connectivity index (χ4n) is 2.11. The van der Waals surface area contributed by atoms with Gasteiger partial charge in [0, 0.05) is 18.8 Å². The monoisotopic (exact) mass is 317 g/mol. The maximum absolute atomic E-state index is 12.3. The fraction of sp³-hybridized carbons (Fsp3) is 0.615. The minimum absolute atomic E-state index is 0.0626. The van der Waals surface area contributed by atoms with E-state index in [4.69, 9.17) is 5.11 Å². The maximum atomic E-state index is 12.3. The van der Waals surface area contributed by atoms with Gasteiger partial charge >= 0.3 is 5.97 Å². The Morgan fingerprint density at radius 3 is 2.48 bits per heavy atom. The summed E-state index contributed by atoms with van der Waals surface area (Å²) in [5, 5.41) is 8.83. The molecule has 0 fully saturated rings. The van der Waals surface area contributed by atoms with Crippen LogP contribution in [0.15, 0.2) is 17.2 Å². The van der Waals surface area contributed by atoms with Crippen molar-refractivity contribution in [2.45, 2.75) is 31.2 Å². The topological polar surface area (TPSA) is 103 Å². The lowest BCUT2D eigenvalue weighted by molar-refractivity contribution is 0.0691. The van der Waals surface area contributed by atoms with Crippen LogP contribution in [0.4, 0.5) is 0 Å². The molecule has 1 atom stereocenters. The quantitative estimate of drug-likeness (QED) is 0.663. The first-order valence-electron chi connectivity index (χ1n) is 6.70. The van der Waals surface area contributed by atoms with Gasteiger partial charge in [0.1, 0.15) is 10.6 Å². The number of H-pyrrole nitrogens is 1. The van der Waals surface area contributed by atoms with Gasteiger partial charge in [-0.1, -0.05) is 13.8 Å². The predicted octanol–water partition coefficient (Wildman–Crippen LogP) is 0.968. The number of nitrogens with zero attached hydrogens (tertiary/aromatic N) is 1. The van der Waals surface area contributed by atoms with Crippen LogP contribution in [0.2, 0.25) is 0 Å². The van der Waals surface area contributed by atoms with E-state index in [0.717, 1.165) is 6.07 Å². The van der Waals surface area contributed by atoms with E-state index in [1.54, 1.807) is 0 Å². The second kappa shape index (κ2) is 7.06. The summed E-state index contributed by atoms with van der Waals surface area (Å²) in [6.07, 6.45) is 1.89. The first kappa shape index (κ1) is 17.7. The van der Waals surface area contributed by atoms with Crippen molar-refractivity contribution >= 4 is 16.0 Å². The van der Waals surface area contributed by atoms with Gasteiger partial charge in [0.25, 0.3) is 0 Å². The molecule has 0 aliphatic carbocycles. The molecule has 1 aromatic heterocycles. The molecule has 1 unspecified atom stereocenters. The zero-order valence-electron chi connectivity index (χ0n) is 12.8. The molecule has 21 heavy (non-hydrogen) atoms. The number of rotatable bonds is 8. The summed E-state index contributed by atoms with van der Waals surface area (Å²) in [5.74, 6) is -0.845. The normalized spacial score (nSPS) is 13.8. The molecule has 1 rings (SSSR count). The van der Waals surface area contributed by atoms with E-state index in [1.165, 1.54) is 6.20 Å². The maximum Gasteiger partial charge on any atom is 0.352 e. The molecule has 1 aromatic rings. The summed E-state index contributed by atoms with van der Waals surface area (Å²) in [4.78, 5) is 15.1. The van der Waals surface area contributed by atoms with Crippen LogP contribution in [-0.4, -0.2) is 56.1 Å². The molecule has 0 aliphatic heterocycles. The molecule has 0 saturated carbocycles. The van der Waals surface area contributed by atoms with Crippen LogP contribution >= 0.6 is 0 Å². The van der Waals surface area contributed by atoms with Crippen LogP contribution in [0.25, 0.3) is 0 Å². The Kier molecular flexibility index (Phi) is 5.94. The molecule has 8 heteroatoms. The van der Waals surface area contributed by atoms with E-state index in [1.807, 2.05) is 32.8 Å². The number of aromatic amines is 1. The molecule has 0 bridgehead atoms. The highest BCUT2D eigenvalue weighted by Gasteiger charge is 2.23. The Bertz CT molecular complexity index is 568. The Labute approximate surface area is 125 Å². The molecule has 0 aliphatic rings. The summed E-state index contributed by atoms with van der Waals surface area (Å²) in [5.41, 5.74) is -0.150. The molecule has 0 spiro atoms. The van der Waals surface area contributed by atoms with E-state index in [9.17, 15) is 13.2 Å². The third-order valence-corrected chi connectivity index (χ3v) is 4.36. The molecule has 0 saturated heterocycles. The number of sulfonamides is 1. The van der Waals surface area contributed by atoms with Crippen LogP contribution in [-0.2, 0) is 10.0 Å². The number of carboxylic acids is 1. The summed E-state index contributed by atoms with van der Waals surface area (Å²) in [7, 11) is 0.0162. The van der Waals surface area contributed by atoms with Crippen molar-refractivity contribution in [3.8, 4) is 0 Å². The van der Waals surface area contributed by atoms with Crippen LogP contribution in [0.1, 0.15) is 30.8 Å². The van der Waals surface area contributed by atoms with Gasteiger partial charge in [-0.25, -0.2) is 17.9 Å². The number of hydrogen-bond acceptors (Lipinski definition) is 4. The predicted molar refractivity (Wildman–Crippen MR) is 79.9 cm³/mol. The third-order valence-electron chi connectivity index (χ3n) is 2.86. The van der Waals surface area contributed by atoms with Gasteiger partial charge in [-0.15, -0.1) is 0 Å². The second-order valence-electron chi connectivity index (χ2n) is 5.76. The number of carbonyl (C=O) groups is 1. The Morgan fingerprint density at radius 2 is 2.05 bits per heavy atom. The van der Waals surface area contributed by atoms with E-state index in [0.29, 0.717) is 18.9 Å². The lowest BCUT2D eigenvalue weighted by Crippen LogP contribution is -2.42. The molecule has 7 nitrogen and oxygen atoms in total. The Balaban J connectivity index is 2.90. The van der Waals surface area contributed by atoms with Crippen LogP contribution in [0.5, 0.6) is 0 Å². The Morgan fingerprint density at radius 1 is 1.43 bits per heavy atom. The highest BCUT2D eigenvalue weighted by Crippen LogP contribution is 2.14. The van der Waals surface area contributed by atoms with Gasteiger partial charge in [-0.3, -0.25) is 0 Å². The number of likely N-dealkylation sites (N-methyl/N-ethyl adjacent to an activating group) is 1. The van der Waals surface area contributed by atoms with Crippen molar-refractivity contribution in [3.05, 3.63) is 18.0 Å². The number of hydrogen-bond donors (Lipinski definition) is 3. The average Bonchev–Trinajstić information content (AvgIpc) is 2.75. The lowest BCUT2D eigenvalue weighted by atomic mass is 10.0. The molecule has 0 radical (unpaired) electrons.